The topological polar surface area (TPSA) is 102 Å². The third-order valence-electron chi connectivity index (χ3n) is 9.78. The number of halogens is 3. The first-order valence-corrected chi connectivity index (χ1v) is 16.0. The van der Waals surface area contributed by atoms with E-state index in [0.717, 1.165) is 44.2 Å². The fourth-order valence-electron chi connectivity index (χ4n) is 7.52. The third kappa shape index (κ3) is 5.33. The molecule has 2 aromatic carbocycles. The minimum atomic E-state index is -1.53. The molecule has 0 bridgehead atoms. The molecule has 0 radical (unpaired) electrons. The molecule has 4 aromatic rings. The second-order valence-corrected chi connectivity index (χ2v) is 12.8. The zero-order valence-corrected chi connectivity index (χ0v) is 26.1. The number of aliphatic hydroxyl groups excluding tert-OH is 1. The van der Waals surface area contributed by atoms with E-state index in [4.69, 9.17) is 21.3 Å². The van der Waals surface area contributed by atoms with Crippen LogP contribution in [0.25, 0.3) is 32.9 Å². The van der Waals surface area contributed by atoms with Gasteiger partial charge in [0.25, 0.3) is 0 Å². The van der Waals surface area contributed by atoms with Crippen LogP contribution in [-0.2, 0) is 0 Å². The van der Waals surface area contributed by atoms with Crippen molar-refractivity contribution in [3.05, 3.63) is 65.8 Å². The molecule has 0 spiro atoms. The molecule has 46 heavy (non-hydrogen) atoms. The monoisotopic (exact) mass is 645 g/mol. The quantitative estimate of drug-likeness (QED) is 0.253. The number of aliphatic hydroxyl groups is 1. The van der Waals surface area contributed by atoms with Gasteiger partial charge in [0, 0.05) is 47.8 Å². The van der Waals surface area contributed by atoms with Crippen LogP contribution in [0.2, 0.25) is 5.02 Å². The SMILES string of the molecule is C=C(F)C(O)N1CCN(c2nc(OCC34CCCN3CCC4)nc3c(F)c(-c4cccc5cccc(Cl)c45)ncc23)C[C@@H]1CC#N. The maximum Gasteiger partial charge on any atom is 0.319 e. The molecule has 3 aliphatic rings. The number of nitrogens with zero attached hydrogens (tertiary/aromatic N) is 7. The zero-order valence-electron chi connectivity index (χ0n) is 25.3. The number of rotatable bonds is 8. The summed E-state index contributed by atoms with van der Waals surface area (Å²) in [5.41, 5.74) is 0.626. The Hall–Kier alpha value is -3.95. The smallest absolute Gasteiger partial charge is 0.319 e. The van der Waals surface area contributed by atoms with E-state index < -0.39 is 23.9 Å². The lowest BCUT2D eigenvalue weighted by Crippen LogP contribution is -2.57. The normalized spacial score (nSPS) is 20.6. The molecule has 7 rings (SSSR count). The van der Waals surface area contributed by atoms with E-state index in [9.17, 15) is 14.8 Å². The highest BCUT2D eigenvalue weighted by molar-refractivity contribution is 6.36. The third-order valence-corrected chi connectivity index (χ3v) is 10.1. The summed E-state index contributed by atoms with van der Waals surface area (Å²) in [7, 11) is 0. The Morgan fingerprint density at radius 3 is 2.65 bits per heavy atom. The molecule has 12 heteroatoms. The number of anilines is 1. The van der Waals surface area contributed by atoms with Gasteiger partial charge in [0.1, 0.15) is 29.5 Å². The van der Waals surface area contributed by atoms with Crippen LogP contribution in [0.4, 0.5) is 14.6 Å². The Kier molecular flexibility index (Phi) is 8.23. The van der Waals surface area contributed by atoms with Gasteiger partial charge in [-0.15, -0.1) is 0 Å². The number of aromatic nitrogens is 3. The van der Waals surface area contributed by atoms with Crippen LogP contribution in [0, 0.1) is 17.1 Å². The largest absolute Gasteiger partial charge is 0.461 e. The van der Waals surface area contributed by atoms with Gasteiger partial charge in [-0.2, -0.15) is 15.2 Å². The molecule has 3 fully saturated rings. The summed E-state index contributed by atoms with van der Waals surface area (Å²) in [5, 5.41) is 22.4. The highest BCUT2D eigenvalue weighted by Crippen LogP contribution is 2.40. The molecule has 3 saturated heterocycles. The maximum absolute atomic E-state index is 16.7. The number of fused-ring (bicyclic) bond motifs is 3. The molecule has 3 aliphatic heterocycles. The second kappa shape index (κ2) is 12.3. The van der Waals surface area contributed by atoms with Gasteiger partial charge < -0.3 is 14.7 Å². The first-order valence-electron chi connectivity index (χ1n) is 15.6. The van der Waals surface area contributed by atoms with E-state index in [2.05, 4.69) is 27.5 Å². The molecule has 9 nitrogen and oxygen atoms in total. The van der Waals surface area contributed by atoms with Crippen molar-refractivity contribution >= 4 is 39.1 Å². The van der Waals surface area contributed by atoms with Gasteiger partial charge in [0.15, 0.2) is 12.0 Å². The van der Waals surface area contributed by atoms with Gasteiger partial charge in [-0.1, -0.05) is 48.5 Å². The van der Waals surface area contributed by atoms with Crippen LogP contribution in [0.5, 0.6) is 6.01 Å². The summed E-state index contributed by atoms with van der Waals surface area (Å²) in [5.74, 6) is -1.12. The standard InChI is InChI=1S/C34H34ClF2N7O2/c1-21(36)32(45)44-17-16-42(19-23(44)10-13-38)31-25-18-39-29(24-8-2-6-22-7-3-9-26(35)27(22)24)28(37)30(25)40-33(41-31)46-20-34-11-4-14-43(34)15-5-12-34/h2-3,6-9,18,23,32,45H,1,4-5,10-12,14-17,19-20H2/t23-,32?/m0/s1. The first kappa shape index (κ1) is 30.7. The molecule has 0 amide bonds. The minimum absolute atomic E-state index is 0.0319. The van der Waals surface area contributed by atoms with Gasteiger partial charge in [0.05, 0.1) is 23.4 Å². The van der Waals surface area contributed by atoms with Gasteiger partial charge in [-0.3, -0.25) is 14.8 Å². The molecule has 238 valence electrons. The molecule has 2 aromatic heterocycles. The molecule has 2 atom stereocenters. The Balaban J connectivity index is 1.32. The highest BCUT2D eigenvalue weighted by atomic mass is 35.5. The average Bonchev–Trinajstić information content (AvgIpc) is 3.64. The van der Waals surface area contributed by atoms with Crippen molar-refractivity contribution in [2.45, 2.75) is 49.9 Å². The van der Waals surface area contributed by atoms with Crippen molar-refractivity contribution in [3.63, 3.8) is 0 Å². The van der Waals surface area contributed by atoms with Crippen LogP contribution in [0.1, 0.15) is 32.1 Å². The summed E-state index contributed by atoms with van der Waals surface area (Å²) < 4.78 is 37.0. The number of nitriles is 1. The number of benzene rings is 2. The summed E-state index contributed by atoms with van der Waals surface area (Å²) in [6.45, 7) is 6.47. The van der Waals surface area contributed by atoms with E-state index in [1.165, 1.54) is 4.90 Å². The fraction of sp³-hybridized carbons (Fsp3) is 0.412. The van der Waals surface area contributed by atoms with Crippen LogP contribution in [0.15, 0.2) is 55.0 Å². The Morgan fingerprint density at radius 2 is 1.91 bits per heavy atom. The fourth-order valence-corrected chi connectivity index (χ4v) is 7.80. The van der Waals surface area contributed by atoms with Crippen molar-refractivity contribution in [1.29, 1.82) is 5.26 Å². The van der Waals surface area contributed by atoms with Crippen molar-refractivity contribution in [3.8, 4) is 23.3 Å². The molecular formula is C34H34ClF2N7O2. The van der Waals surface area contributed by atoms with E-state index >= 15 is 4.39 Å². The first-order chi connectivity index (χ1) is 22.3. The van der Waals surface area contributed by atoms with Gasteiger partial charge in [-0.05, 0) is 50.2 Å². The Morgan fingerprint density at radius 1 is 1.15 bits per heavy atom. The molecule has 1 N–H and O–H groups in total. The van der Waals surface area contributed by atoms with Crippen molar-refractivity contribution < 1.29 is 18.6 Å². The lowest BCUT2D eigenvalue weighted by molar-refractivity contribution is -0.0167. The number of piperazine rings is 1. The number of hydrogen-bond acceptors (Lipinski definition) is 9. The van der Waals surface area contributed by atoms with Crippen molar-refractivity contribution in [2.75, 3.05) is 44.2 Å². The minimum Gasteiger partial charge on any atom is -0.461 e. The highest BCUT2D eigenvalue weighted by Gasteiger charge is 2.45. The average molecular weight is 646 g/mol. The Bertz CT molecular complexity index is 1850. The predicted molar refractivity (Wildman–Crippen MR) is 173 cm³/mol. The molecule has 0 saturated carbocycles. The molecule has 1 unspecified atom stereocenters. The maximum atomic E-state index is 16.7. The van der Waals surface area contributed by atoms with Crippen molar-refractivity contribution in [2.24, 2.45) is 0 Å². The lowest BCUT2D eigenvalue weighted by Gasteiger charge is -2.43. The second-order valence-electron chi connectivity index (χ2n) is 12.4. The Labute approximate surface area is 270 Å². The van der Waals surface area contributed by atoms with Gasteiger partial charge in [-0.25, -0.2) is 8.78 Å². The van der Waals surface area contributed by atoms with Gasteiger partial charge >= 0.3 is 6.01 Å². The van der Waals surface area contributed by atoms with E-state index in [1.54, 1.807) is 18.3 Å². The molecule has 5 heterocycles. The predicted octanol–water partition coefficient (Wildman–Crippen LogP) is 5.85. The summed E-state index contributed by atoms with van der Waals surface area (Å²) in [6, 6.07) is 12.7. The van der Waals surface area contributed by atoms with E-state index in [-0.39, 0.29) is 42.3 Å². The summed E-state index contributed by atoms with van der Waals surface area (Å²) >= 11 is 6.59. The lowest BCUT2D eigenvalue weighted by atomic mass is 9.95. The summed E-state index contributed by atoms with van der Waals surface area (Å²) in [4.78, 5) is 19.9. The van der Waals surface area contributed by atoms with Crippen LogP contribution < -0.4 is 9.64 Å². The molecular weight excluding hydrogens is 612 g/mol. The number of ether oxygens (including phenoxy) is 1. The van der Waals surface area contributed by atoms with Crippen LogP contribution in [0.3, 0.4) is 0 Å². The summed E-state index contributed by atoms with van der Waals surface area (Å²) in [6.07, 6.45) is 4.31. The zero-order chi connectivity index (χ0) is 32.0. The number of pyridine rings is 1. The number of hydrogen-bond donors (Lipinski definition) is 1. The van der Waals surface area contributed by atoms with Crippen molar-refractivity contribution in [1.82, 2.24) is 24.8 Å². The van der Waals surface area contributed by atoms with Crippen LogP contribution >= 0.6 is 11.6 Å². The molecule has 0 aliphatic carbocycles. The van der Waals surface area contributed by atoms with Gasteiger partial charge in [0.2, 0.25) is 0 Å². The van der Waals surface area contributed by atoms with E-state index in [1.807, 2.05) is 29.2 Å². The van der Waals surface area contributed by atoms with E-state index in [0.29, 0.717) is 40.3 Å². The van der Waals surface area contributed by atoms with Crippen LogP contribution in [-0.4, -0.2) is 87.0 Å².